The maximum atomic E-state index is 6.22. The number of benzene rings is 2. The maximum Gasteiger partial charge on any atom is 0.0637 e. The Labute approximate surface area is 128 Å². The molecule has 106 valence electrons. The third-order valence-electron chi connectivity index (χ3n) is 3.68. The average Bonchev–Trinajstić information content (AvgIpc) is 2.53. The van der Waals surface area contributed by atoms with Crippen molar-refractivity contribution < 1.29 is 0 Å². The third-order valence-corrected chi connectivity index (χ3v) is 4.00. The van der Waals surface area contributed by atoms with Gasteiger partial charge in [-0.3, -0.25) is 16.3 Å². The quantitative estimate of drug-likeness (QED) is 0.571. The molecule has 0 spiro atoms. The van der Waals surface area contributed by atoms with Gasteiger partial charge >= 0.3 is 0 Å². The summed E-state index contributed by atoms with van der Waals surface area (Å²) < 4.78 is 0. The standard InChI is InChI=1S/C17H16ClN3/c18-16-11-20-9-8-15(16)17(21-19)10-13-6-3-5-12-4-1-2-7-14(12)13/h1-9,11,17,21H,10,19H2. The second-order valence-electron chi connectivity index (χ2n) is 4.96. The highest BCUT2D eigenvalue weighted by Crippen LogP contribution is 2.27. The average molecular weight is 298 g/mol. The van der Waals surface area contributed by atoms with Crippen LogP contribution in [-0.4, -0.2) is 4.98 Å². The van der Waals surface area contributed by atoms with E-state index < -0.39 is 0 Å². The fraction of sp³-hybridized carbons (Fsp3) is 0.118. The zero-order chi connectivity index (χ0) is 14.7. The molecule has 1 heterocycles. The third kappa shape index (κ3) is 2.90. The summed E-state index contributed by atoms with van der Waals surface area (Å²) in [5.74, 6) is 5.74. The molecule has 0 saturated carbocycles. The molecule has 0 aliphatic carbocycles. The second-order valence-corrected chi connectivity index (χ2v) is 5.37. The molecule has 0 bridgehead atoms. The number of hydrogen-bond donors (Lipinski definition) is 2. The highest BCUT2D eigenvalue weighted by atomic mass is 35.5. The van der Waals surface area contributed by atoms with Gasteiger partial charge in [0.1, 0.15) is 0 Å². The molecular formula is C17H16ClN3. The van der Waals surface area contributed by atoms with Crippen molar-refractivity contribution in [2.45, 2.75) is 12.5 Å². The number of rotatable bonds is 4. The van der Waals surface area contributed by atoms with E-state index in [1.165, 1.54) is 16.3 Å². The monoisotopic (exact) mass is 297 g/mol. The van der Waals surface area contributed by atoms with Crippen molar-refractivity contribution in [3.63, 3.8) is 0 Å². The molecular weight excluding hydrogens is 282 g/mol. The van der Waals surface area contributed by atoms with E-state index in [-0.39, 0.29) is 6.04 Å². The predicted molar refractivity (Wildman–Crippen MR) is 87.0 cm³/mol. The van der Waals surface area contributed by atoms with Crippen LogP contribution in [0.25, 0.3) is 10.8 Å². The molecule has 1 atom stereocenters. The van der Waals surface area contributed by atoms with Crippen molar-refractivity contribution in [2.24, 2.45) is 5.84 Å². The lowest BCUT2D eigenvalue weighted by Gasteiger charge is -2.18. The van der Waals surface area contributed by atoms with Crippen molar-refractivity contribution in [1.82, 2.24) is 10.4 Å². The SMILES string of the molecule is NNC(Cc1cccc2ccccc12)c1ccncc1Cl. The summed E-state index contributed by atoms with van der Waals surface area (Å²) in [6.07, 6.45) is 4.14. The molecule has 1 aromatic heterocycles. The molecule has 1 unspecified atom stereocenters. The summed E-state index contributed by atoms with van der Waals surface area (Å²) in [6, 6.07) is 16.5. The summed E-state index contributed by atoms with van der Waals surface area (Å²) >= 11 is 6.22. The van der Waals surface area contributed by atoms with Gasteiger partial charge in [-0.15, -0.1) is 0 Å². The minimum atomic E-state index is -0.0497. The van der Waals surface area contributed by atoms with E-state index in [2.05, 4.69) is 46.8 Å². The van der Waals surface area contributed by atoms with Gasteiger partial charge in [0.15, 0.2) is 0 Å². The molecule has 0 radical (unpaired) electrons. The van der Waals surface area contributed by atoms with E-state index >= 15 is 0 Å². The molecule has 0 aliphatic heterocycles. The van der Waals surface area contributed by atoms with Gasteiger partial charge < -0.3 is 0 Å². The Morgan fingerprint density at radius 3 is 2.71 bits per heavy atom. The molecule has 3 nitrogen and oxygen atoms in total. The first-order valence-electron chi connectivity index (χ1n) is 6.82. The highest BCUT2D eigenvalue weighted by Gasteiger charge is 2.15. The minimum absolute atomic E-state index is 0.0497. The van der Waals surface area contributed by atoms with Crippen LogP contribution in [0.4, 0.5) is 0 Å². The number of nitrogens with zero attached hydrogens (tertiary/aromatic N) is 1. The Balaban J connectivity index is 1.98. The lowest BCUT2D eigenvalue weighted by Crippen LogP contribution is -2.29. The summed E-state index contributed by atoms with van der Waals surface area (Å²) in [4.78, 5) is 4.02. The van der Waals surface area contributed by atoms with Crippen LogP contribution in [0.5, 0.6) is 0 Å². The van der Waals surface area contributed by atoms with Gasteiger partial charge in [-0.05, 0) is 34.4 Å². The summed E-state index contributed by atoms with van der Waals surface area (Å²) in [7, 11) is 0. The number of halogens is 1. The van der Waals surface area contributed by atoms with Crippen LogP contribution in [0.2, 0.25) is 5.02 Å². The van der Waals surface area contributed by atoms with Crippen LogP contribution in [-0.2, 0) is 6.42 Å². The molecule has 0 aliphatic rings. The zero-order valence-corrected chi connectivity index (χ0v) is 12.2. The van der Waals surface area contributed by atoms with Gasteiger partial charge in [0, 0.05) is 12.4 Å². The lowest BCUT2D eigenvalue weighted by atomic mass is 9.96. The normalized spacial score (nSPS) is 12.5. The van der Waals surface area contributed by atoms with E-state index in [4.69, 9.17) is 17.4 Å². The van der Waals surface area contributed by atoms with Gasteiger partial charge in [-0.2, -0.15) is 0 Å². The first kappa shape index (κ1) is 14.0. The predicted octanol–water partition coefficient (Wildman–Crippen LogP) is 3.64. The number of hydrazine groups is 1. The Bertz CT molecular complexity index is 752. The molecule has 3 aromatic rings. The fourth-order valence-corrected chi connectivity index (χ4v) is 2.87. The van der Waals surface area contributed by atoms with Crippen molar-refractivity contribution in [3.8, 4) is 0 Å². The topological polar surface area (TPSA) is 50.9 Å². The zero-order valence-electron chi connectivity index (χ0n) is 11.5. The van der Waals surface area contributed by atoms with Gasteiger partial charge in [-0.25, -0.2) is 0 Å². The van der Waals surface area contributed by atoms with Gasteiger partial charge in [0.2, 0.25) is 0 Å². The van der Waals surface area contributed by atoms with Crippen LogP contribution in [0.15, 0.2) is 60.9 Å². The van der Waals surface area contributed by atoms with Crippen LogP contribution in [0.3, 0.4) is 0 Å². The van der Waals surface area contributed by atoms with E-state index in [9.17, 15) is 0 Å². The Kier molecular flexibility index (Phi) is 4.15. The fourth-order valence-electron chi connectivity index (χ4n) is 2.62. The Morgan fingerprint density at radius 1 is 1.10 bits per heavy atom. The van der Waals surface area contributed by atoms with Crippen LogP contribution in [0.1, 0.15) is 17.2 Å². The van der Waals surface area contributed by atoms with E-state index in [0.29, 0.717) is 5.02 Å². The number of hydrogen-bond acceptors (Lipinski definition) is 3. The Morgan fingerprint density at radius 2 is 1.90 bits per heavy atom. The van der Waals surface area contributed by atoms with Crippen molar-refractivity contribution >= 4 is 22.4 Å². The molecule has 2 aromatic carbocycles. The number of nitrogens with two attached hydrogens (primary N) is 1. The Hall–Kier alpha value is -1.94. The molecule has 3 rings (SSSR count). The van der Waals surface area contributed by atoms with Crippen molar-refractivity contribution in [1.29, 1.82) is 0 Å². The summed E-state index contributed by atoms with van der Waals surface area (Å²) in [5.41, 5.74) is 5.06. The summed E-state index contributed by atoms with van der Waals surface area (Å²) in [6.45, 7) is 0. The molecule has 0 amide bonds. The van der Waals surface area contributed by atoms with Gasteiger partial charge in [-0.1, -0.05) is 54.1 Å². The van der Waals surface area contributed by atoms with Gasteiger partial charge in [0.25, 0.3) is 0 Å². The molecule has 0 fully saturated rings. The molecule has 3 N–H and O–H groups in total. The molecule has 4 heteroatoms. The van der Waals surface area contributed by atoms with Crippen LogP contribution >= 0.6 is 11.6 Å². The second kappa shape index (κ2) is 6.22. The van der Waals surface area contributed by atoms with Crippen molar-refractivity contribution in [3.05, 3.63) is 77.1 Å². The number of aromatic nitrogens is 1. The largest absolute Gasteiger partial charge is 0.271 e. The summed E-state index contributed by atoms with van der Waals surface area (Å²) in [5, 5.41) is 3.10. The first-order chi connectivity index (χ1) is 10.3. The molecule has 21 heavy (non-hydrogen) atoms. The maximum absolute atomic E-state index is 6.22. The number of pyridine rings is 1. The lowest BCUT2D eigenvalue weighted by molar-refractivity contribution is 0.553. The van der Waals surface area contributed by atoms with Crippen molar-refractivity contribution in [2.75, 3.05) is 0 Å². The van der Waals surface area contributed by atoms with E-state index in [0.717, 1.165) is 12.0 Å². The molecule has 0 saturated heterocycles. The van der Waals surface area contributed by atoms with Crippen LogP contribution in [0, 0.1) is 0 Å². The first-order valence-corrected chi connectivity index (χ1v) is 7.19. The van der Waals surface area contributed by atoms with E-state index in [1.807, 2.05) is 12.1 Å². The van der Waals surface area contributed by atoms with E-state index in [1.54, 1.807) is 12.4 Å². The van der Waals surface area contributed by atoms with Crippen LogP contribution < -0.4 is 11.3 Å². The number of nitrogens with one attached hydrogen (secondary N) is 1. The smallest absolute Gasteiger partial charge is 0.0637 e. The highest BCUT2D eigenvalue weighted by molar-refractivity contribution is 6.31. The minimum Gasteiger partial charge on any atom is -0.271 e. The van der Waals surface area contributed by atoms with Gasteiger partial charge in [0.05, 0.1) is 11.1 Å². The number of fused-ring (bicyclic) bond motifs is 1.